The fourth-order valence-electron chi connectivity index (χ4n) is 15.5. The molecule has 3 aromatic rings. The Bertz CT molecular complexity index is 5450. The zero-order chi connectivity index (χ0) is 112. The second-order valence-electron chi connectivity index (χ2n) is 37.0. The number of aromatic nitrogens is 6. The summed E-state index contributed by atoms with van der Waals surface area (Å²) in [7, 11) is 0. The van der Waals surface area contributed by atoms with E-state index in [-0.39, 0.29) is 50.0 Å². The summed E-state index contributed by atoms with van der Waals surface area (Å²) in [5.74, 6) is -36.2. The molecule has 55 nitrogen and oxygen atoms in total. The predicted molar refractivity (Wildman–Crippen MR) is 535 cm³/mol. The number of nitrogens with two attached hydrogens (primary N) is 1. The maximum atomic E-state index is 15.9. The Kier molecular flexibility index (Phi) is 49.1. The topological polar surface area (TPSA) is 834 Å². The van der Waals surface area contributed by atoms with Crippen LogP contribution in [0.1, 0.15) is 179 Å². The van der Waals surface area contributed by atoms with E-state index in [1.807, 2.05) is 5.32 Å². The number of H-pyrrole nitrogens is 3. The Balaban J connectivity index is 1.65. The van der Waals surface area contributed by atoms with Crippen molar-refractivity contribution in [1.29, 1.82) is 0 Å². The molecule has 6 rings (SSSR count). The van der Waals surface area contributed by atoms with Crippen molar-refractivity contribution in [3.63, 3.8) is 0 Å². The van der Waals surface area contributed by atoms with Gasteiger partial charge in [-0.15, -0.1) is 0 Å². The summed E-state index contributed by atoms with van der Waals surface area (Å²) in [5.41, 5.74) is 5.52. The number of allylic oxidation sites excluding steroid dienone is 3. The highest BCUT2D eigenvalue weighted by atomic mass is 32.2. The van der Waals surface area contributed by atoms with Crippen LogP contribution in [0.5, 0.6) is 0 Å². The summed E-state index contributed by atoms with van der Waals surface area (Å²) >= 11 is 1.16. The number of amides is 20. The number of fused-ring (bicyclic) bond motifs is 13. The van der Waals surface area contributed by atoms with Crippen LogP contribution >= 0.6 is 23.5 Å². The van der Waals surface area contributed by atoms with Gasteiger partial charge in [0.15, 0.2) is 0 Å². The van der Waals surface area contributed by atoms with Crippen LogP contribution in [0, 0.1) is 23.7 Å². The van der Waals surface area contributed by atoms with Crippen molar-refractivity contribution in [2.75, 3.05) is 24.6 Å². The van der Waals surface area contributed by atoms with Crippen LogP contribution < -0.4 is 107 Å². The number of nitrogens with zero attached hydrogens (tertiary/aromatic N) is 4. The van der Waals surface area contributed by atoms with Crippen LogP contribution in [0.15, 0.2) is 72.9 Å². The lowest BCUT2D eigenvalue weighted by Gasteiger charge is -2.32. The molecule has 57 heteroatoms. The number of carbonyl (C=O) groups is 24. The maximum absolute atomic E-state index is 15.9. The molecule has 0 radical (unpaired) electrons. The van der Waals surface area contributed by atoms with Gasteiger partial charge in [-0.2, -0.15) is 23.5 Å². The molecule has 3 saturated heterocycles. The highest BCUT2D eigenvalue weighted by Gasteiger charge is 2.45. The van der Waals surface area contributed by atoms with E-state index in [0.717, 1.165) is 26.0 Å². The molecule has 0 aliphatic carbocycles. The van der Waals surface area contributed by atoms with E-state index in [9.17, 15) is 92.3 Å². The van der Waals surface area contributed by atoms with E-state index in [0.29, 0.717) is 35.6 Å². The van der Waals surface area contributed by atoms with Gasteiger partial charge in [-0.05, 0) is 84.0 Å². The molecule has 0 saturated carbocycles. The predicted octanol–water partition coefficient (Wildman–Crippen LogP) is -6.35. The summed E-state index contributed by atoms with van der Waals surface area (Å²) in [6.07, 6.45) is 5.94. The van der Waals surface area contributed by atoms with Gasteiger partial charge in [-0.1, -0.05) is 100 Å². The number of aliphatic carboxylic acids is 4. The molecular weight excluding hydrogens is 2010 g/mol. The first-order valence-corrected chi connectivity index (χ1v) is 50.7. The monoisotopic (exact) mass is 2140 g/mol. The molecule has 824 valence electrons. The van der Waals surface area contributed by atoms with E-state index in [4.69, 9.17) is 5.73 Å². The third-order valence-corrected chi connectivity index (χ3v) is 27.2. The molecule has 0 unspecified atom stereocenters. The highest BCUT2D eigenvalue weighted by Crippen LogP contribution is 2.25. The zero-order valence-corrected chi connectivity index (χ0v) is 87.2. The molecular formula is C93H137N27O28S2. The van der Waals surface area contributed by atoms with E-state index in [1.54, 1.807) is 27.7 Å². The second-order valence-corrected chi connectivity index (χ2v) is 39.8. The maximum Gasteiger partial charge on any atom is 0.325 e. The Labute approximate surface area is 870 Å². The third-order valence-electron chi connectivity index (χ3n) is 24.5. The van der Waals surface area contributed by atoms with E-state index in [2.05, 4.69) is 126 Å². The molecule has 3 fully saturated rings. The Morgan fingerprint density at radius 3 is 1.59 bits per heavy atom. The first-order valence-electron chi connectivity index (χ1n) is 48.6. The molecule has 0 aromatic carbocycles. The van der Waals surface area contributed by atoms with Gasteiger partial charge in [-0.25, -0.2) is 15.0 Å². The lowest BCUT2D eigenvalue weighted by Crippen LogP contribution is -2.63. The average molecular weight is 2150 g/mol. The highest BCUT2D eigenvalue weighted by molar-refractivity contribution is 8.00. The van der Waals surface area contributed by atoms with Gasteiger partial charge in [0.1, 0.15) is 114 Å². The lowest BCUT2D eigenvalue weighted by molar-refractivity contribution is -0.143. The smallest absolute Gasteiger partial charge is 0.325 e. The quantitative estimate of drug-likeness (QED) is 0.0218. The van der Waals surface area contributed by atoms with Gasteiger partial charge in [-0.3, -0.25) is 115 Å². The molecule has 2 bridgehead atoms. The Morgan fingerprint density at radius 2 is 1.05 bits per heavy atom. The number of imidazole rings is 3. The van der Waals surface area contributed by atoms with Gasteiger partial charge in [0.2, 0.25) is 100 Å². The third kappa shape index (κ3) is 38.2. The number of thioether (sulfide) groups is 2. The van der Waals surface area contributed by atoms with E-state index < -0.39 is 353 Å². The van der Waals surface area contributed by atoms with Crippen LogP contribution in [-0.2, 0) is 134 Å². The van der Waals surface area contributed by atoms with Crippen molar-refractivity contribution in [3.8, 4) is 0 Å². The number of aromatic amines is 3. The molecule has 6 heterocycles. The Morgan fingerprint density at radius 1 is 0.520 bits per heavy atom. The number of hydrogen-bond acceptors (Lipinski definition) is 30. The summed E-state index contributed by atoms with van der Waals surface area (Å²) in [6.45, 7) is 19.9. The first-order chi connectivity index (χ1) is 70.7. The molecule has 3 aliphatic heterocycles. The summed E-state index contributed by atoms with van der Waals surface area (Å²) in [6, 6.07) is -31.4. The van der Waals surface area contributed by atoms with Crippen molar-refractivity contribution in [1.82, 2.24) is 136 Å². The van der Waals surface area contributed by atoms with Gasteiger partial charge >= 0.3 is 23.9 Å². The van der Waals surface area contributed by atoms with Gasteiger partial charge in [0.25, 0.3) is 17.7 Å². The molecule has 3 aromatic heterocycles. The van der Waals surface area contributed by atoms with Crippen molar-refractivity contribution in [3.05, 3.63) is 90.0 Å². The number of rotatable bonds is 30. The average Bonchev–Trinajstić information content (AvgIpc) is 1.61. The fourth-order valence-corrected chi connectivity index (χ4v) is 17.7. The van der Waals surface area contributed by atoms with Gasteiger partial charge < -0.3 is 147 Å². The summed E-state index contributed by atoms with van der Waals surface area (Å²) in [5, 5.41) is 83.4. The second kappa shape index (κ2) is 59.7. The van der Waals surface area contributed by atoms with E-state index in [1.165, 1.54) is 111 Å². The zero-order valence-electron chi connectivity index (χ0n) is 85.6. The largest absolute Gasteiger partial charge is 0.481 e. The normalized spacial score (nSPS) is 25.7. The number of nitrogens with one attached hydrogen (secondary N) is 22. The summed E-state index contributed by atoms with van der Waals surface area (Å²) < 4.78 is 0. The number of carboxylic acids is 4. The van der Waals surface area contributed by atoms with E-state index >= 15 is 43.2 Å². The van der Waals surface area contributed by atoms with Crippen LogP contribution in [-0.4, -0.2) is 335 Å². The SMILES string of the molecule is C/C=C1\NC(=O)/C(=C/C)NC(=O)[C@@H]2CS[C@@H](C)[C@@H](NC(=O)[C@H](Cc3cnc[nH]3)NC(=O)/C(=C/C)NC(=O)[C@@H]3CCCN3C(=O)[C@@H](N)Cc3cnc[nH]3)C(=O)N[C@@H](C(C)C)C(=O)N[C@@H](C)C(=O)N[C@H](C(=O)N[C@@H](CC(=O)O)C(=O)N[C@@H](CC(=O)O)C(=O)N[C@@H](CCC(=O)O)C(=O)NCC(=O)N[C@@H](Cc3cnc[nH]3)C(=O)N[C@@H](CC(C)C)C(=O)N2)[C@@H](C)SC[C@@H](C(=O)N[C@@H](C)C(=O)O)NC(=O)[C@H]([C@@H](C)CC)NC(=O)[C@H]([C@@H](C)CC)NC1=O. The minimum atomic E-state index is -2.45. The van der Waals surface area contributed by atoms with Crippen molar-refractivity contribution in [2.24, 2.45) is 29.4 Å². The van der Waals surface area contributed by atoms with Gasteiger partial charge in [0.05, 0.1) is 44.4 Å². The molecule has 0 spiro atoms. The summed E-state index contributed by atoms with van der Waals surface area (Å²) in [4.78, 5) is 370. The minimum Gasteiger partial charge on any atom is -0.481 e. The van der Waals surface area contributed by atoms with Crippen LogP contribution in [0.4, 0.5) is 0 Å². The molecule has 21 atom stereocenters. The molecule has 28 N–H and O–H groups in total. The van der Waals surface area contributed by atoms with Crippen LogP contribution in [0.2, 0.25) is 0 Å². The van der Waals surface area contributed by atoms with Crippen molar-refractivity contribution in [2.45, 2.75) is 294 Å². The fraction of sp³-hybridized carbons (Fsp3) is 0.581. The molecule has 3 aliphatic rings. The van der Waals surface area contributed by atoms with Gasteiger partial charge in [0, 0.05) is 89.9 Å². The lowest BCUT2D eigenvalue weighted by atomic mass is 9.94. The molecule has 150 heavy (non-hydrogen) atoms. The Hall–Kier alpha value is -15.2. The van der Waals surface area contributed by atoms with Crippen molar-refractivity contribution < 1.29 is 135 Å². The first kappa shape index (κ1) is 123. The number of carboxylic acid groups (broad SMARTS) is 4. The minimum absolute atomic E-state index is 0.0223. The molecule has 20 amide bonds. The van der Waals surface area contributed by atoms with Crippen LogP contribution in [0.25, 0.3) is 0 Å². The van der Waals surface area contributed by atoms with Crippen molar-refractivity contribution >= 4 is 166 Å². The number of likely N-dealkylation sites (tertiary alicyclic amines) is 1. The van der Waals surface area contributed by atoms with Crippen LogP contribution in [0.3, 0.4) is 0 Å². The number of carbonyl (C=O) groups excluding carboxylic acids is 20. The standard InChI is InChI=1S/C93H137N27O28S2/c1-16-43(10)70-88(142)114-62(84(138)103-46(13)93(147)148)36-149-47(14)72-90(144)112-61(31-68(126)127)82(136)111-60(30-67(124)125)81(135)108-56(23-24-66(122)123)75(129)98-35-65(121)104-58(28-50-33-96-39-100-50)80(134)109-57(26-41(6)7)79(133)113-63(85(139)106-53(18-3)76(130)105-55(20-5)78(132)116-71(44(11)17-2)89(143)117-70)37-150-48(15)73(91(145)115-69(42(8)9)87(141)102-45(12)74(128)118-72)119-83(137)59(29-51-34-97-40-101-51)110-77(131)54(19-4)107-86(140)64-22-21-25-120(64)92(146)52(94)27-49-32-95-38-99-49/h18-20,32-34,38-48,52,56-64,69-73H,16-17,21-31,35-37,94H2,1-15H3,(H,95,99)(H,96,100)(H,97,101)(H,98,129)(H,102,141)(H,103,138)(H,104,121)(H,105,130)(H,106,139)(H,107,140)(H,108,135)(H,109,134)(H,110,131)(H,111,136)(H,112,144)(H,113,133)(H,114,142)(H,115,145)(H,116,132)(H,117,143)(H,118,128)(H,119,137)(H,122,123)(H,124,125)(H,126,127)(H,147,148)/b53-18-,54-19-,55-20-/t43-,44-,45-,46-,47+,48-,52-,56-,57-,58-,59-,60-,61-,62-,63-,64-,69-,70-,71-,72-,73+/m0/s1. The number of hydrogen-bond donors (Lipinski definition) is 27.